The Morgan fingerprint density at radius 1 is 1.35 bits per heavy atom. The number of rotatable bonds is 6. The van der Waals surface area contributed by atoms with Crippen LogP contribution in [0.5, 0.6) is 0 Å². The van der Waals surface area contributed by atoms with Crippen molar-refractivity contribution in [2.45, 2.75) is 51.6 Å². The lowest BCUT2D eigenvalue weighted by molar-refractivity contribution is -0.122. The van der Waals surface area contributed by atoms with Crippen LogP contribution in [0.2, 0.25) is 0 Å². The Labute approximate surface area is 104 Å². The molecule has 0 saturated heterocycles. The standard InChI is InChI=1S/C13H26N2O2/c1-3-11-5-7-13(17,8-6-11)10-15-12(16)9-14-4-2/h11,14,17H,3-10H2,1-2H3,(H,15,16). The molecule has 4 heteroatoms. The molecule has 0 aromatic rings. The van der Waals surface area contributed by atoms with Gasteiger partial charge in [0.05, 0.1) is 12.1 Å². The molecule has 0 aromatic carbocycles. The van der Waals surface area contributed by atoms with Crippen molar-refractivity contribution in [3.05, 3.63) is 0 Å². The maximum Gasteiger partial charge on any atom is 0.234 e. The van der Waals surface area contributed by atoms with Crippen LogP contribution in [-0.2, 0) is 4.79 Å². The molecule has 0 atom stereocenters. The van der Waals surface area contributed by atoms with Gasteiger partial charge in [-0.25, -0.2) is 0 Å². The Balaban J connectivity index is 2.24. The van der Waals surface area contributed by atoms with Crippen LogP contribution < -0.4 is 10.6 Å². The van der Waals surface area contributed by atoms with Crippen LogP contribution in [0, 0.1) is 5.92 Å². The van der Waals surface area contributed by atoms with Gasteiger partial charge in [-0.1, -0.05) is 20.3 Å². The van der Waals surface area contributed by atoms with E-state index in [4.69, 9.17) is 0 Å². The lowest BCUT2D eigenvalue weighted by Gasteiger charge is -2.35. The summed E-state index contributed by atoms with van der Waals surface area (Å²) < 4.78 is 0. The average Bonchev–Trinajstić information content (AvgIpc) is 2.35. The fraction of sp³-hybridized carbons (Fsp3) is 0.923. The molecule has 0 aromatic heterocycles. The van der Waals surface area contributed by atoms with Gasteiger partial charge >= 0.3 is 0 Å². The highest BCUT2D eigenvalue weighted by Gasteiger charge is 2.32. The largest absolute Gasteiger partial charge is 0.388 e. The van der Waals surface area contributed by atoms with Gasteiger partial charge in [0.15, 0.2) is 0 Å². The molecule has 3 N–H and O–H groups in total. The Hall–Kier alpha value is -0.610. The van der Waals surface area contributed by atoms with Crippen molar-refractivity contribution in [2.24, 2.45) is 5.92 Å². The van der Waals surface area contributed by atoms with E-state index in [2.05, 4.69) is 17.6 Å². The van der Waals surface area contributed by atoms with Gasteiger partial charge in [0.2, 0.25) is 5.91 Å². The van der Waals surface area contributed by atoms with E-state index in [0.717, 1.165) is 38.1 Å². The molecule has 0 radical (unpaired) electrons. The Morgan fingerprint density at radius 2 is 2.00 bits per heavy atom. The topological polar surface area (TPSA) is 61.4 Å². The third kappa shape index (κ3) is 5.04. The summed E-state index contributed by atoms with van der Waals surface area (Å²) in [6, 6.07) is 0. The molecule has 1 aliphatic carbocycles. The summed E-state index contributed by atoms with van der Waals surface area (Å²) in [6.45, 7) is 5.69. The van der Waals surface area contributed by atoms with Gasteiger partial charge in [0.25, 0.3) is 0 Å². The number of carbonyl (C=O) groups is 1. The number of amides is 1. The lowest BCUT2D eigenvalue weighted by Crippen LogP contribution is -2.47. The maximum atomic E-state index is 11.4. The number of carbonyl (C=O) groups excluding carboxylic acids is 1. The summed E-state index contributed by atoms with van der Waals surface area (Å²) in [5.74, 6) is 0.727. The first-order chi connectivity index (χ1) is 8.09. The first kappa shape index (κ1) is 14.5. The zero-order valence-corrected chi connectivity index (χ0v) is 11.1. The van der Waals surface area contributed by atoms with Gasteiger partial charge in [0.1, 0.15) is 0 Å². The highest BCUT2D eigenvalue weighted by atomic mass is 16.3. The second kappa shape index (κ2) is 6.97. The maximum absolute atomic E-state index is 11.4. The number of hydrogen-bond acceptors (Lipinski definition) is 3. The van der Waals surface area contributed by atoms with E-state index in [9.17, 15) is 9.90 Å². The van der Waals surface area contributed by atoms with Crippen molar-refractivity contribution >= 4 is 5.91 Å². The molecular formula is C13H26N2O2. The minimum atomic E-state index is -0.673. The molecule has 1 amide bonds. The average molecular weight is 242 g/mol. The number of aliphatic hydroxyl groups is 1. The highest BCUT2D eigenvalue weighted by Crippen LogP contribution is 2.33. The van der Waals surface area contributed by atoms with E-state index in [-0.39, 0.29) is 5.91 Å². The lowest BCUT2D eigenvalue weighted by atomic mass is 9.78. The molecule has 0 heterocycles. The predicted molar refractivity (Wildman–Crippen MR) is 68.8 cm³/mol. The van der Waals surface area contributed by atoms with Crippen molar-refractivity contribution in [2.75, 3.05) is 19.6 Å². The fourth-order valence-electron chi connectivity index (χ4n) is 2.36. The second-order valence-electron chi connectivity index (χ2n) is 5.13. The number of likely N-dealkylation sites (N-methyl/N-ethyl adjacent to an activating group) is 1. The van der Waals surface area contributed by atoms with Crippen LogP contribution in [0.15, 0.2) is 0 Å². The van der Waals surface area contributed by atoms with E-state index in [1.807, 2.05) is 6.92 Å². The SMILES string of the molecule is CCNCC(=O)NCC1(O)CCC(CC)CC1. The molecule has 1 fully saturated rings. The molecule has 4 nitrogen and oxygen atoms in total. The minimum absolute atomic E-state index is 0.0297. The fourth-order valence-corrected chi connectivity index (χ4v) is 2.36. The van der Waals surface area contributed by atoms with Gasteiger partial charge in [-0.05, 0) is 38.1 Å². The summed E-state index contributed by atoms with van der Waals surface area (Å²) >= 11 is 0. The summed E-state index contributed by atoms with van der Waals surface area (Å²) in [7, 11) is 0. The molecule has 100 valence electrons. The molecule has 1 saturated carbocycles. The van der Waals surface area contributed by atoms with E-state index in [1.165, 1.54) is 6.42 Å². The first-order valence-corrected chi connectivity index (χ1v) is 6.79. The zero-order valence-electron chi connectivity index (χ0n) is 11.1. The van der Waals surface area contributed by atoms with Crippen molar-refractivity contribution < 1.29 is 9.90 Å². The van der Waals surface area contributed by atoms with Crippen molar-refractivity contribution in [1.29, 1.82) is 0 Å². The quantitative estimate of drug-likeness (QED) is 0.652. The minimum Gasteiger partial charge on any atom is -0.388 e. The molecule has 0 spiro atoms. The van der Waals surface area contributed by atoms with Gasteiger partial charge in [-0.3, -0.25) is 4.79 Å². The molecular weight excluding hydrogens is 216 g/mol. The van der Waals surface area contributed by atoms with Gasteiger partial charge in [-0.15, -0.1) is 0 Å². The van der Waals surface area contributed by atoms with Gasteiger partial charge in [-0.2, -0.15) is 0 Å². The number of nitrogens with one attached hydrogen (secondary N) is 2. The normalized spacial score (nSPS) is 29.0. The third-order valence-corrected chi connectivity index (χ3v) is 3.76. The molecule has 0 aliphatic heterocycles. The first-order valence-electron chi connectivity index (χ1n) is 6.79. The van der Waals surface area contributed by atoms with Crippen molar-refractivity contribution in [3.8, 4) is 0 Å². The zero-order chi connectivity index (χ0) is 12.7. The van der Waals surface area contributed by atoms with E-state index in [1.54, 1.807) is 0 Å². The Morgan fingerprint density at radius 3 is 2.53 bits per heavy atom. The number of hydrogen-bond donors (Lipinski definition) is 3. The van der Waals surface area contributed by atoms with Crippen molar-refractivity contribution in [3.63, 3.8) is 0 Å². The Bertz CT molecular complexity index is 236. The van der Waals surface area contributed by atoms with Crippen LogP contribution in [-0.4, -0.2) is 36.2 Å². The van der Waals surface area contributed by atoms with Gasteiger partial charge < -0.3 is 15.7 Å². The molecule has 0 bridgehead atoms. The molecule has 1 rings (SSSR count). The molecule has 1 aliphatic rings. The van der Waals surface area contributed by atoms with Crippen LogP contribution in [0.25, 0.3) is 0 Å². The van der Waals surface area contributed by atoms with Gasteiger partial charge in [0, 0.05) is 6.54 Å². The summed E-state index contributed by atoms with van der Waals surface area (Å²) in [4.78, 5) is 11.4. The Kier molecular flexibility index (Phi) is 5.92. The van der Waals surface area contributed by atoms with Crippen molar-refractivity contribution in [1.82, 2.24) is 10.6 Å². The summed E-state index contributed by atoms with van der Waals surface area (Å²) in [5, 5.41) is 16.1. The summed E-state index contributed by atoms with van der Waals surface area (Å²) in [6.07, 6.45) is 4.98. The van der Waals surface area contributed by atoms with E-state index in [0.29, 0.717) is 13.1 Å². The van der Waals surface area contributed by atoms with E-state index < -0.39 is 5.60 Å². The van der Waals surface area contributed by atoms with Crippen LogP contribution in [0.1, 0.15) is 46.0 Å². The van der Waals surface area contributed by atoms with Crippen LogP contribution in [0.3, 0.4) is 0 Å². The molecule has 0 unspecified atom stereocenters. The van der Waals surface area contributed by atoms with Crippen LogP contribution in [0.4, 0.5) is 0 Å². The highest BCUT2D eigenvalue weighted by molar-refractivity contribution is 5.78. The van der Waals surface area contributed by atoms with E-state index >= 15 is 0 Å². The van der Waals surface area contributed by atoms with Crippen LogP contribution >= 0.6 is 0 Å². The summed E-state index contributed by atoms with van der Waals surface area (Å²) in [5.41, 5.74) is -0.673. The third-order valence-electron chi connectivity index (χ3n) is 3.76. The second-order valence-corrected chi connectivity index (χ2v) is 5.13. The molecule has 17 heavy (non-hydrogen) atoms. The predicted octanol–water partition coefficient (Wildman–Crippen LogP) is 1.04. The monoisotopic (exact) mass is 242 g/mol. The smallest absolute Gasteiger partial charge is 0.234 e.